The van der Waals surface area contributed by atoms with Crippen LogP contribution in [-0.2, 0) is 0 Å². The lowest BCUT2D eigenvalue weighted by Crippen LogP contribution is -1.99. The number of hydrogen-bond donors (Lipinski definition) is 1. The Morgan fingerprint density at radius 1 is 1.36 bits per heavy atom. The second kappa shape index (κ2) is 6.78. The molecule has 2 aromatic rings. The molecular weight excluding hydrogens is 304 g/mol. The summed E-state index contributed by atoms with van der Waals surface area (Å²) in [5.74, 6) is 3.11. The molecule has 1 aliphatic carbocycles. The third-order valence-corrected chi connectivity index (χ3v) is 4.22. The van der Waals surface area contributed by atoms with E-state index in [1.54, 1.807) is 23.9 Å². The molecule has 3 rings (SSSR count). The predicted octanol–water partition coefficient (Wildman–Crippen LogP) is 3.15. The van der Waals surface area contributed by atoms with Crippen LogP contribution in [0.3, 0.4) is 0 Å². The number of thioether (sulfide) groups is 1. The van der Waals surface area contributed by atoms with Gasteiger partial charge in [0, 0.05) is 23.8 Å². The quantitative estimate of drug-likeness (QED) is 0.347. The first-order valence-corrected chi connectivity index (χ1v) is 8.13. The molecule has 1 heterocycles. The SMILES string of the molecule is O=[N+]([O-])c1ccc(OCCCSc2n[nH]c(C3CC3)n2)cc1. The molecule has 8 heteroatoms. The van der Waals surface area contributed by atoms with Crippen molar-refractivity contribution < 1.29 is 9.66 Å². The van der Waals surface area contributed by atoms with E-state index >= 15 is 0 Å². The van der Waals surface area contributed by atoms with E-state index in [1.807, 2.05) is 0 Å². The fraction of sp³-hybridized carbons (Fsp3) is 0.429. The minimum atomic E-state index is -0.423. The van der Waals surface area contributed by atoms with E-state index in [0.29, 0.717) is 18.3 Å². The number of hydrogen-bond acceptors (Lipinski definition) is 6. The lowest BCUT2D eigenvalue weighted by Gasteiger charge is -2.04. The van der Waals surface area contributed by atoms with Gasteiger partial charge in [0.15, 0.2) is 0 Å². The predicted molar refractivity (Wildman–Crippen MR) is 82.3 cm³/mol. The molecule has 0 amide bonds. The van der Waals surface area contributed by atoms with Crippen molar-refractivity contribution >= 4 is 17.4 Å². The summed E-state index contributed by atoms with van der Waals surface area (Å²) >= 11 is 1.61. The summed E-state index contributed by atoms with van der Waals surface area (Å²) < 4.78 is 5.55. The van der Waals surface area contributed by atoms with Crippen molar-refractivity contribution in [1.29, 1.82) is 0 Å². The fourth-order valence-electron chi connectivity index (χ4n) is 1.94. The summed E-state index contributed by atoms with van der Waals surface area (Å²) in [6.45, 7) is 0.560. The summed E-state index contributed by atoms with van der Waals surface area (Å²) in [6.07, 6.45) is 3.28. The molecule has 116 valence electrons. The molecule has 1 aromatic heterocycles. The zero-order valence-corrected chi connectivity index (χ0v) is 12.7. The molecule has 0 saturated heterocycles. The molecule has 0 bridgehead atoms. The van der Waals surface area contributed by atoms with Gasteiger partial charge in [0.05, 0.1) is 11.5 Å². The van der Waals surface area contributed by atoms with Crippen LogP contribution in [0.5, 0.6) is 5.75 Å². The molecule has 0 atom stereocenters. The highest BCUT2D eigenvalue weighted by Crippen LogP contribution is 2.38. The smallest absolute Gasteiger partial charge is 0.269 e. The number of H-pyrrole nitrogens is 1. The molecular formula is C14H16N4O3S. The molecule has 22 heavy (non-hydrogen) atoms. The van der Waals surface area contributed by atoms with Crippen LogP contribution in [0, 0.1) is 10.1 Å². The van der Waals surface area contributed by atoms with Crippen LogP contribution in [0.1, 0.15) is 31.0 Å². The van der Waals surface area contributed by atoms with E-state index in [-0.39, 0.29) is 5.69 Å². The molecule has 1 saturated carbocycles. The average molecular weight is 320 g/mol. The summed E-state index contributed by atoms with van der Waals surface area (Å²) in [5.41, 5.74) is 0.0685. The lowest BCUT2D eigenvalue weighted by atomic mass is 10.3. The van der Waals surface area contributed by atoms with Crippen LogP contribution >= 0.6 is 11.8 Å². The normalized spacial score (nSPS) is 14.0. The molecule has 1 fully saturated rings. The fourth-order valence-corrected chi connectivity index (χ4v) is 2.66. The largest absolute Gasteiger partial charge is 0.494 e. The van der Waals surface area contributed by atoms with E-state index in [0.717, 1.165) is 23.2 Å². The van der Waals surface area contributed by atoms with Crippen molar-refractivity contribution in [2.75, 3.05) is 12.4 Å². The Bertz CT molecular complexity index is 640. The molecule has 0 radical (unpaired) electrons. The van der Waals surface area contributed by atoms with Gasteiger partial charge in [-0.25, -0.2) is 4.98 Å². The number of benzene rings is 1. The Morgan fingerprint density at radius 2 is 2.14 bits per heavy atom. The molecule has 0 aliphatic heterocycles. The Hall–Kier alpha value is -2.09. The Balaban J connectivity index is 1.35. The average Bonchev–Trinajstić information content (AvgIpc) is 3.27. The van der Waals surface area contributed by atoms with Crippen molar-refractivity contribution in [2.45, 2.75) is 30.3 Å². The van der Waals surface area contributed by atoms with Gasteiger partial charge in [-0.1, -0.05) is 11.8 Å². The van der Waals surface area contributed by atoms with E-state index in [9.17, 15) is 10.1 Å². The van der Waals surface area contributed by atoms with E-state index in [2.05, 4.69) is 15.2 Å². The van der Waals surface area contributed by atoms with Crippen molar-refractivity contribution in [3.63, 3.8) is 0 Å². The summed E-state index contributed by atoms with van der Waals surface area (Å²) in [6, 6.07) is 6.11. The molecule has 1 aliphatic rings. The van der Waals surface area contributed by atoms with E-state index in [4.69, 9.17) is 4.74 Å². The number of aromatic nitrogens is 3. The summed E-state index contributed by atoms with van der Waals surface area (Å²) in [4.78, 5) is 14.6. The number of non-ortho nitro benzene ring substituents is 1. The molecule has 1 aromatic carbocycles. The Labute approximate surface area is 131 Å². The summed E-state index contributed by atoms with van der Waals surface area (Å²) in [7, 11) is 0. The minimum absolute atomic E-state index is 0.0685. The first-order chi connectivity index (χ1) is 10.7. The number of nitro benzene ring substituents is 1. The van der Waals surface area contributed by atoms with Crippen molar-refractivity contribution in [3.8, 4) is 5.75 Å². The van der Waals surface area contributed by atoms with Gasteiger partial charge in [0.25, 0.3) is 5.69 Å². The third kappa shape index (κ3) is 3.97. The number of rotatable bonds is 8. The van der Waals surface area contributed by atoms with Crippen molar-refractivity contribution in [1.82, 2.24) is 15.2 Å². The van der Waals surface area contributed by atoms with Gasteiger partial charge in [-0.3, -0.25) is 15.2 Å². The second-order valence-electron chi connectivity index (χ2n) is 5.08. The van der Waals surface area contributed by atoms with Crippen molar-refractivity contribution in [2.24, 2.45) is 0 Å². The highest BCUT2D eigenvalue weighted by atomic mass is 32.2. The van der Waals surface area contributed by atoms with Crippen LogP contribution in [0.2, 0.25) is 0 Å². The molecule has 0 unspecified atom stereocenters. The van der Waals surface area contributed by atoms with Gasteiger partial charge in [-0.15, -0.1) is 5.10 Å². The highest BCUT2D eigenvalue weighted by Gasteiger charge is 2.27. The highest BCUT2D eigenvalue weighted by molar-refractivity contribution is 7.99. The summed E-state index contributed by atoms with van der Waals surface area (Å²) in [5, 5.41) is 18.5. The molecule has 0 spiro atoms. The van der Waals surface area contributed by atoms with Gasteiger partial charge < -0.3 is 4.74 Å². The first-order valence-electron chi connectivity index (χ1n) is 7.15. The van der Waals surface area contributed by atoms with Gasteiger partial charge in [0.2, 0.25) is 5.16 Å². The maximum atomic E-state index is 10.5. The zero-order chi connectivity index (χ0) is 15.4. The Kier molecular flexibility index (Phi) is 4.57. The van der Waals surface area contributed by atoms with Gasteiger partial charge in [-0.2, -0.15) is 0 Å². The van der Waals surface area contributed by atoms with Crippen LogP contribution < -0.4 is 4.74 Å². The first kappa shape index (κ1) is 14.8. The van der Waals surface area contributed by atoms with Crippen LogP contribution in [0.4, 0.5) is 5.69 Å². The maximum Gasteiger partial charge on any atom is 0.269 e. The molecule has 7 nitrogen and oxygen atoms in total. The molecule has 1 N–H and O–H groups in total. The Morgan fingerprint density at radius 3 is 2.82 bits per heavy atom. The van der Waals surface area contributed by atoms with Crippen LogP contribution in [0.15, 0.2) is 29.4 Å². The maximum absolute atomic E-state index is 10.5. The third-order valence-electron chi connectivity index (χ3n) is 3.28. The van der Waals surface area contributed by atoms with Gasteiger partial charge in [0.1, 0.15) is 11.6 Å². The number of nitro groups is 1. The second-order valence-corrected chi connectivity index (χ2v) is 6.14. The topological polar surface area (TPSA) is 93.9 Å². The van der Waals surface area contributed by atoms with E-state index in [1.165, 1.54) is 25.0 Å². The number of nitrogens with one attached hydrogen (secondary N) is 1. The monoisotopic (exact) mass is 320 g/mol. The van der Waals surface area contributed by atoms with Gasteiger partial charge >= 0.3 is 0 Å². The van der Waals surface area contributed by atoms with Crippen LogP contribution in [-0.4, -0.2) is 32.5 Å². The van der Waals surface area contributed by atoms with Crippen LogP contribution in [0.25, 0.3) is 0 Å². The number of nitrogens with zero attached hydrogens (tertiary/aromatic N) is 3. The standard InChI is InChI=1S/C14H16N4O3S/c19-18(20)11-4-6-12(7-5-11)21-8-1-9-22-14-15-13(16-17-14)10-2-3-10/h4-7,10H,1-3,8-9H2,(H,15,16,17). The van der Waals surface area contributed by atoms with Gasteiger partial charge in [-0.05, 0) is 31.4 Å². The lowest BCUT2D eigenvalue weighted by molar-refractivity contribution is -0.384. The van der Waals surface area contributed by atoms with Crippen molar-refractivity contribution in [3.05, 3.63) is 40.2 Å². The number of aromatic amines is 1. The minimum Gasteiger partial charge on any atom is -0.494 e. The van der Waals surface area contributed by atoms with E-state index < -0.39 is 4.92 Å². The zero-order valence-electron chi connectivity index (χ0n) is 11.9. The number of ether oxygens (including phenoxy) is 1.